The SMILES string of the molecule is Cc1ccccc1OCCN(C)CC(=O)NC1(C#N)CCCCCC1. The van der Waals surface area contributed by atoms with E-state index in [9.17, 15) is 10.1 Å². The van der Waals surface area contributed by atoms with Gasteiger partial charge in [0.15, 0.2) is 0 Å². The summed E-state index contributed by atoms with van der Waals surface area (Å²) in [5.41, 5.74) is 0.429. The van der Waals surface area contributed by atoms with Crippen LogP contribution in [0.3, 0.4) is 0 Å². The number of aryl methyl sites for hydroxylation is 1. The van der Waals surface area contributed by atoms with E-state index in [0.717, 1.165) is 49.8 Å². The van der Waals surface area contributed by atoms with Gasteiger partial charge in [-0.05, 0) is 38.4 Å². The lowest BCUT2D eigenvalue weighted by Crippen LogP contribution is -2.50. The van der Waals surface area contributed by atoms with Crippen LogP contribution in [-0.2, 0) is 4.79 Å². The predicted octanol–water partition coefficient (Wildman–Crippen LogP) is 3.04. The third-order valence-corrected chi connectivity index (χ3v) is 4.79. The number of hydrogen-bond donors (Lipinski definition) is 1. The van der Waals surface area contributed by atoms with E-state index in [1.165, 1.54) is 0 Å². The van der Waals surface area contributed by atoms with Gasteiger partial charge in [-0.15, -0.1) is 0 Å². The molecule has 1 fully saturated rings. The first-order valence-corrected chi connectivity index (χ1v) is 9.14. The third kappa shape index (κ3) is 6.06. The Labute approximate surface area is 151 Å². The second-order valence-corrected chi connectivity index (χ2v) is 7.01. The lowest BCUT2D eigenvalue weighted by molar-refractivity contribution is -0.123. The summed E-state index contributed by atoms with van der Waals surface area (Å²) in [7, 11) is 1.90. The van der Waals surface area contributed by atoms with Crippen molar-refractivity contribution < 1.29 is 9.53 Å². The lowest BCUT2D eigenvalue weighted by atomic mass is 9.92. The molecule has 0 aliphatic heterocycles. The van der Waals surface area contributed by atoms with Gasteiger partial charge >= 0.3 is 0 Å². The Kier molecular flexibility index (Phi) is 7.27. The van der Waals surface area contributed by atoms with Crippen LogP contribution in [0.25, 0.3) is 0 Å². The van der Waals surface area contributed by atoms with Crippen LogP contribution in [0.1, 0.15) is 44.1 Å². The summed E-state index contributed by atoms with van der Waals surface area (Å²) in [5.74, 6) is 0.795. The molecule has 0 unspecified atom stereocenters. The molecule has 0 aromatic heterocycles. The van der Waals surface area contributed by atoms with Crippen LogP contribution in [0.15, 0.2) is 24.3 Å². The first kappa shape index (κ1) is 19.3. The van der Waals surface area contributed by atoms with Gasteiger partial charge in [0.2, 0.25) is 5.91 Å². The zero-order valence-electron chi connectivity index (χ0n) is 15.4. The Morgan fingerprint density at radius 3 is 2.60 bits per heavy atom. The van der Waals surface area contributed by atoms with E-state index >= 15 is 0 Å². The molecule has 136 valence electrons. The van der Waals surface area contributed by atoms with Crippen molar-refractivity contribution in [1.82, 2.24) is 10.2 Å². The smallest absolute Gasteiger partial charge is 0.235 e. The van der Waals surface area contributed by atoms with Crippen LogP contribution in [0.5, 0.6) is 5.75 Å². The van der Waals surface area contributed by atoms with Gasteiger partial charge in [0.1, 0.15) is 17.9 Å². The maximum absolute atomic E-state index is 12.3. The fourth-order valence-electron chi connectivity index (χ4n) is 3.26. The Morgan fingerprint density at radius 1 is 1.28 bits per heavy atom. The Morgan fingerprint density at radius 2 is 1.96 bits per heavy atom. The zero-order chi connectivity index (χ0) is 18.1. The summed E-state index contributed by atoms with van der Waals surface area (Å²) in [4.78, 5) is 14.3. The topological polar surface area (TPSA) is 65.4 Å². The van der Waals surface area contributed by atoms with Gasteiger partial charge in [-0.1, -0.05) is 43.9 Å². The van der Waals surface area contributed by atoms with E-state index in [2.05, 4.69) is 11.4 Å². The van der Waals surface area contributed by atoms with Crippen LogP contribution < -0.4 is 10.1 Å². The standard InChI is InChI=1S/C20H29N3O2/c1-17-9-5-6-10-18(17)25-14-13-23(2)15-19(24)22-20(16-21)11-7-3-4-8-12-20/h5-6,9-10H,3-4,7-8,11-15H2,1-2H3,(H,22,24). The average Bonchev–Trinajstić information content (AvgIpc) is 2.82. The van der Waals surface area contributed by atoms with Gasteiger partial charge in [0, 0.05) is 6.54 Å². The molecule has 0 atom stereocenters. The van der Waals surface area contributed by atoms with Crippen molar-refractivity contribution in [2.75, 3.05) is 26.7 Å². The zero-order valence-corrected chi connectivity index (χ0v) is 15.4. The minimum absolute atomic E-state index is 0.0816. The average molecular weight is 343 g/mol. The Hall–Kier alpha value is -2.06. The first-order valence-electron chi connectivity index (χ1n) is 9.14. The van der Waals surface area contributed by atoms with Crippen molar-refractivity contribution in [1.29, 1.82) is 5.26 Å². The molecule has 1 aromatic rings. The summed E-state index contributed by atoms with van der Waals surface area (Å²) in [5, 5.41) is 12.5. The predicted molar refractivity (Wildman–Crippen MR) is 98.4 cm³/mol. The van der Waals surface area contributed by atoms with E-state index in [0.29, 0.717) is 13.2 Å². The summed E-state index contributed by atoms with van der Waals surface area (Å²) in [6.45, 7) is 3.47. The number of carbonyl (C=O) groups is 1. The Bertz CT molecular complexity index is 601. The molecule has 0 spiro atoms. The van der Waals surface area contributed by atoms with Crippen LogP contribution in [0.2, 0.25) is 0 Å². The van der Waals surface area contributed by atoms with Gasteiger partial charge < -0.3 is 10.1 Å². The monoisotopic (exact) mass is 343 g/mol. The minimum atomic E-state index is -0.675. The van der Waals surface area contributed by atoms with Gasteiger partial charge in [-0.25, -0.2) is 0 Å². The highest BCUT2D eigenvalue weighted by Gasteiger charge is 2.32. The highest BCUT2D eigenvalue weighted by atomic mass is 16.5. The van der Waals surface area contributed by atoms with Crippen LogP contribution in [0, 0.1) is 18.3 Å². The molecule has 0 bridgehead atoms. The molecule has 1 saturated carbocycles. The van der Waals surface area contributed by atoms with Gasteiger partial charge in [-0.3, -0.25) is 9.69 Å². The number of carbonyl (C=O) groups excluding carboxylic acids is 1. The molecule has 1 aliphatic carbocycles. The van der Waals surface area contributed by atoms with Crippen molar-refractivity contribution in [3.8, 4) is 11.8 Å². The van der Waals surface area contributed by atoms with Crippen molar-refractivity contribution in [3.63, 3.8) is 0 Å². The Balaban J connectivity index is 1.75. The molecular weight excluding hydrogens is 314 g/mol. The number of amides is 1. The summed E-state index contributed by atoms with van der Waals surface area (Å²) < 4.78 is 5.77. The number of ether oxygens (including phenoxy) is 1. The van der Waals surface area contributed by atoms with Gasteiger partial charge in [-0.2, -0.15) is 5.26 Å². The molecule has 2 rings (SSSR count). The number of benzene rings is 1. The molecule has 0 radical (unpaired) electrons. The lowest BCUT2D eigenvalue weighted by Gasteiger charge is -2.27. The summed E-state index contributed by atoms with van der Waals surface area (Å²) in [6, 6.07) is 10.3. The molecular formula is C20H29N3O2. The van der Waals surface area contributed by atoms with Gasteiger partial charge in [0.05, 0.1) is 12.6 Å². The molecule has 1 N–H and O–H groups in total. The van der Waals surface area contributed by atoms with Crippen molar-refractivity contribution >= 4 is 5.91 Å². The highest BCUT2D eigenvalue weighted by molar-refractivity contribution is 5.79. The van der Waals surface area contributed by atoms with E-state index in [1.54, 1.807) is 0 Å². The van der Waals surface area contributed by atoms with Crippen LogP contribution in [0.4, 0.5) is 0 Å². The summed E-state index contributed by atoms with van der Waals surface area (Å²) in [6.07, 6.45) is 5.83. The van der Waals surface area contributed by atoms with Crippen LogP contribution >= 0.6 is 0 Å². The minimum Gasteiger partial charge on any atom is -0.492 e. The first-order chi connectivity index (χ1) is 12.0. The van der Waals surface area contributed by atoms with E-state index in [-0.39, 0.29) is 12.5 Å². The van der Waals surface area contributed by atoms with E-state index in [4.69, 9.17) is 4.74 Å². The number of para-hydroxylation sites is 1. The second kappa shape index (κ2) is 9.43. The van der Waals surface area contributed by atoms with E-state index < -0.39 is 5.54 Å². The number of likely N-dealkylation sites (N-methyl/N-ethyl adjacent to an activating group) is 1. The number of hydrogen-bond acceptors (Lipinski definition) is 4. The molecule has 1 amide bonds. The fourth-order valence-corrected chi connectivity index (χ4v) is 3.26. The largest absolute Gasteiger partial charge is 0.492 e. The molecule has 1 aliphatic rings. The number of nitrogens with one attached hydrogen (secondary N) is 1. The van der Waals surface area contributed by atoms with Gasteiger partial charge in [0.25, 0.3) is 0 Å². The summed E-state index contributed by atoms with van der Waals surface area (Å²) >= 11 is 0. The molecule has 5 nitrogen and oxygen atoms in total. The third-order valence-electron chi connectivity index (χ3n) is 4.79. The maximum atomic E-state index is 12.3. The van der Waals surface area contributed by atoms with Crippen molar-refractivity contribution in [2.24, 2.45) is 0 Å². The second-order valence-electron chi connectivity index (χ2n) is 7.01. The van der Waals surface area contributed by atoms with Crippen molar-refractivity contribution in [2.45, 2.75) is 51.0 Å². The number of rotatable bonds is 7. The molecule has 1 aromatic carbocycles. The maximum Gasteiger partial charge on any atom is 0.235 e. The molecule has 0 heterocycles. The molecule has 5 heteroatoms. The quantitative estimate of drug-likeness (QED) is 0.773. The fraction of sp³-hybridized carbons (Fsp3) is 0.600. The van der Waals surface area contributed by atoms with E-state index in [1.807, 2.05) is 43.1 Å². The number of nitrogens with zero attached hydrogens (tertiary/aromatic N) is 2. The van der Waals surface area contributed by atoms with Crippen molar-refractivity contribution in [3.05, 3.63) is 29.8 Å². The normalized spacial score (nSPS) is 16.7. The number of nitriles is 1. The molecule has 0 saturated heterocycles. The molecule has 25 heavy (non-hydrogen) atoms. The van der Waals surface area contributed by atoms with Crippen LogP contribution in [-0.4, -0.2) is 43.1 Å². The highest BCUT2D eigenvalue weighted by Crippen LogP contribution is 2.26.